The van der Waals surface area contributed by atoms with Crippen molar-refractivity contribution < 1.29 is 0 Å². The molecule has 1 aromatic heterocycles. The molecule has 0 bridgehead atoms. The molecule has 15 heavy (non-hydrogen) atoms. The summed E-state index contributed by atoms with van der Waals surface area (Å²) in [5.74, 6) is 0. The highest BCUT2D eigenvalue weighted by Crippen LogP contribution is 2.33. The van der Waals surface area contributed by atoms with Gasteiger partial charge in [-0.1, -0.05) is 0 Å². The average molecular weight is 205 g/mol. The van der Waals surface area contributed by atoms with Crippen LogP contribution in [0.15, 0.2) is 6.07 Å². The van der Waals surface area contributed by atoms with Crippen LogP contribution in [-0.2, 0) is 6.54 Å². The van der Waals surface area contributed by atoms with E-state index in [1.54, 1.807) is 0 Å². The standard InChI is InChI=1S/C12H19N3/c1-8-6-12(15(3)10-4-5-10)11(7-13)9(2)14-8/h6,10H,4-5,7,13H2,1-3H3. The Bertz CT molecular complexity index is 369. The molecule has 1 aromatic rings. The fourth-order valence-electron chi connectivity index (χ4n) is 2.06. The third-order valence-corrected chi connectivity index (χ3v) is 3.11. The number of anilines is 1. The number of aromatic nitrogens is 1. The van der Waals surface area contributed by atoms with Crippen molar-refractivity contribution >= 4 is 5.69 Å². The van der Waals surface area contributed by atoms with E-state index in [0.717, 1.165) is 17.4 Å². The van der Waals surface area contributed by atoms with Gasteiger partial charge >= 0.3 is 0 Å². The lowest BCUT2D eigenvalue weighted by molar-refractivity contribution is 0.880. The molecule has 82 valence electrons. The minimum atomic E-state index is 0.575. The zero-order chi connectivity index (χ0) is 11.0. The van der Waals surface area contributed by atoms with Gasteiger partial charge in [-0.15, -0.1) is 0 Å². The van der Waals surface area contributed by atoms with Crippen LogP contribution in [0.1, 0.15) is 29.8 Å². The SMILES string of the molecule is Cc1cc(N(C)C2CC2)c(CN)c(C)n1. The topological polar surface area (TPSA) is 42.1 Å². The number of hydrogen-bond donors (Lipinski definition) is 1. The minimum absolute atomic E-state index is 0.575. The highest BCUT2D eigenvalue weighted by Gasteiger charge is 2.28. The molecule has 1 fully saturated rings. The van der Waals surface area contributed by atoms with Gasteiger partial charge in [0, 0.05) is 42.3 Å². The van der Waals surface area contributed by atoms with Crippen LogP contribution >= 0.6 is 0 Å². The highest BCUT2D eigenvalue weighted by molar-refractivity contribution is 5.57. The molecule has 3 heteroatoms. The van der Waals surface area contributed by atoms with Crippen molar-refractivity contribution in [2.24, 2.45) is 5.73 Å². The van der Waals surface area contributed by atoms with Gasteiger partial charge in [-0.2, -0.15) is 0 Å². The fraction of sp³-hybridized carbons (Fsp3) is 0.583. The normalized spacial score (nSPS) is 15.5. The molecule has 3 nitrogen and oxygen atoms in total. The van der Waals surface area contributed by atoms with Gasteiger partial charge in [0.15, 0.2) is 0 Å². The second-order valence-corrected chi connectivity index (χ2v) is 4.39. The van der Waals surface area contributed by atoms with Crippen molar-refractivity contribution in [2.75, 3.05) is 11.9 Å². The Morgan fingerprint density at radius 2 is 2.13 bits per heavy atom. The highest BCUT2D eigenvalue weighted by atomic mass is 15.2. The summed E-state index contributed by atoms with van der Waals surface area (Å²) in [5.41, 5.74) is 10.4. The van der Waals surface area contributed by atoms with Crippen LogP contribution in [0.4, 0.5) is 5.69 Å². The van der Waals surface area contributed by atoms with Gasteiger partial charge in [0.25, 0.3) is 0 Å². The molecular weight excluding hydrogens is 186 g/mol. The summed E-state index contributed by atoms with van der Waals surface area (Å²) in [6, 6.07) is 2.87. The van der Waals surface area contributed by atoms with Crippen molar-refractivity contribution in [1.29, 1.82) is 0 Å². The lowest BCUT2D eigenvalue weighted by Gasteiger charge is -2.23. The Balaban J connectivity index is 2.42. The zero-order valence-electron chi connectivity index (χ0n) is 9.75. The molecule has 2 rings (SSSR count). The van der Waals surface area contributed by atoms with Gasteiger partial charge in [0.2, 0.25) is 0 Å². The van der Waals surface area contributed by atoms with Crippen LogP contribution in [-0.4, -0.2) is 18.1 Å². The van der Waals surface area contributed by atoms with E-state index in [1.165, 1.54) is 24.1 Å². The van der Waals surface area contributed by atoms with Crippen LogP contribution in [0.25, 0.3) is 0 Å². The van der Waals surface area contributed by atoms with Gasteiger partial charge in [-0.05, 0) is 32.8 Å². The van der Waals surface area contributed by atoms with E-state index < -0.39 is 0 Å². The molecule has 1 saturated carbocycles. The number of hydrogen-bond acceptors (Lipinski definition) is 3. The van der Waals surface area contributed by atoms with E-state index in [0.29, 0.717) is 6.54 Å². The third kappa shape index (κ3) is 1.97. The van der Waals surface area contributed by atoms with Crippen LogP contribution in [0, 0.1) is 13.8 Å². The molecule has 0 spiro atoms. The average Bonchev–Trinajstić information content (AvgIpc) is 2.98. The van der Waals surface area contributed by atoms with Crippen LogP contribution in [0.3, 0.4) is 0 Å². The van der Waals surface area contributed by atoms with Crippen molar-refractivity contribution in [1.82, 2.24) is 4.98 Å². The van der Waals surface area contributed by atoms with E-state index in [4.69, 9.17) is 5.73 Å². The lowest BCUT2D eigenvalue weighted by Crippen LogP contribution is -2.22. The fourth-order valence-corrected chi connectivity index (χ4v) is 2.06. The van der Waals surface area contributed by atoms with E-state index >= 15 is 0 Å². The number of nitrogens with two attached hydrogens (primary N) is 1. The van der Waals surface area contributed by atoms with Crippen molar-refractivity contribution in [3.8, 4) is 0 Å². The molecule has 0 radical (unpaired) electrons. The summed E-state index contributed by atoms with van der Waals surface area (Å²) < 4.78 is 0. The molecule has 0 atom stereocenters. The Morgan fingerprint density at radius 1 is 1.47 bits per heavy atom. The first-order chi connectivity index (χ1) is 7.13. The van der Waals surface area contributed by atoms with E-state index in [-0.39, 0.29) is 0 Å². The van der Waals surface area contributed by atoms with Crippen LogP contribution in [0.2, 0.25) is 0 Å². The summed E-state index contributed by atoms with van der Waals surface area (Å²) in [6.07, 6.45) is 2.61. The predicted octanol–water partition coefficient (Wildman–Crippen LogP) is 1.76. The maximum atomic E-state index is 5.79. The molecule has 0 saturated heterocycles. The Labute approximate surface area is 91.3 Å². The first kappa shape index (κ1) is 10.4. The monoisotopic (exact) mass is 205 g/mol. The van der Waals surface area contributed by atoms with Crippen molar-refractivity contribution in [2.45, 2.75) is 39.3 Å². The molecule has 0 unspecified atom stereocenters. The number of aryl methyl sites for hydroxylation is 2. The second-order valence-electron chi connectivity index (χ2n) is 4.39. The van der Waals surface area contributed by atoms with Crippen molar-refractivity contribution in [3.05, 3.63) is 23.0 Å². The van der Waals surface area contributed by atoms with Crippen LogP contribution in [0.5, 0.6) is 0 Å². The number of pyridine rings is 1. The lowest BCUT2D eigenvalue weighted by atomic mass is 10.1. The van der Waals surface area contributed by atoms with Gasteiger partial charge in [-0.3, -0.25) is 4.98 Å². The Kier molecular flexibility index (Phi) is 2.65. The van der Waals surface area contributed by atoms with E-state index in [2.05, 4.69) is 23.0 Å². The smallest absolute Gasteiger partial charge is 0.0448 e. The summed E-state index contributed by atoms with van der Waals surface area (Å²) in [6.45, 7) is 4.66. The second kappa shape index (κ2) is 3.81. The maximum absolute atomic E-state index is 5.79. The quantitative estimate of drug-likeness (QED) is 0.817. The number of rotatable bonds is 3. The Morgan fingerprint density at radius 3 is 2.67 bits per heavy atom. The predicted molar refractivity (Wildman–Crippen MR) is 63.0 cm³/mol. The summed E-state index contributed by atoms with van der Waals surface area (Å²) in [5, 5.41) is 0. The molecular formula is C12H19N3. The molecule has 2 N–H and O–H groups in total. The zero-order valence-corrected chi connectivity index (χ0v) is 9.75. The first-order valence-electron chi connectivity index (χ1n) is 5.53. The molecule has 0 aliphatic heterocycles. The first-order valence-corrected chi connectivity index (χ1v) is 5.53. The Hall–Kier alpha value is -1.09. The van der Waals surface area contributed by atoms with E-state index in [9.17, 15) is 0 Å². The summed E-state index contributed by atoms with van der Waals surface area (Å²) in [4.78, 5) is 6.81. The molecule has 1 aliphatic carbocycles. The van der Waals surface area contributed by atoms with Gasteiger partial charge in [-0.25, -0.2) is 0 Å². The summed E-state index contributed by atoms with van der Waals surface area (Å²) >= 11 is 0. The van der Waals surface area contributed by atoms with Crippen molar-refractivity contribution in [3.63, 3.8) is 0 Å². The van der Waals surface area contributed by atoms with Gasteiger partial charge in [0.1, 0.15) is 0 Å². The maximum Gasteiger partial charge on any atom is 0.0448 e. The third-order valence-electron chi connectivity index (χ3n) is 3.11. The van der Waals surface area contributed by atoms with Gasteiger partial charge in [0.05, 0.1) is 0 Å². The largest absolute Gasteiger partial charge is 0.371 e. The summed E-state index contributed by atoms with van der Waals surface area (Å²) in [7, 11) is 2.16. The minimum Gasteiger partial charge on any atom is -0.371 e. The molecule has 1 aliphatic rings. The molecule has 0 amide bonds. The van der Waals surface area contributed by atoms with E-state index in [1.807, 2.05) is 13.8 Å². The number of nitrogens with zero attached hydrogens (tertiary/aromatic N) is 2. The molecule has 1 heterocycles. The van der Waals surface area contributed by atoms with Gasteiger partial charge < -0.3 is 10.6 Å². The molecule has 0 aromatic carbocycles. The van der Waals surface area contributed by atoms with Crippen LogP contribution < -0.4 is 10.6 Å².